The molecule has 6 heteroatoms. The summed E-state index contributed by atoms with van der Waals surface area (Å²) in [6, 6.07) is 5.65. The van der Waals surface area contributed by atoms with Crippen molar-refractivity contribution < 1.29 is 4.92 Å². The fourth-order valence-corrected chi connectivity index (χ4v) is 2.97. The number of nitrogens with one attached hydrogen (secondary N) is 1. The Morgan fingerprint density at radius 3 is 3.05 bits per heavy atom. The number of hydrogen-bond acceptors (Lipinski definition) is 4. The number of nitrogens with zero attached hydrogens (tertiary/aromatic N) is 2. The second-order valence-corrected chi connectivity index (χ2v) is 6.06. The molecule has 0 radical (unpaired) electrons. The van der Waals surface area contributed by atoms with Crippen LogP contribution >= 0.6 is 15.9 Å². The summed E-state index contributed by atoms with van der Waals surface area (Å²) in [6.45, 7) is 5.97. The van der Waals surface area contributed by atoms with E-state index in [4.69, 9.17) is 0 Å². The largest absolute Gasteiger partial charge is 0.308 e. The van der Waals surface area contributed by atoms with Crippen LogP contribution in [0.2, 0.25) is 0 Å². The highest BCUT2D eigenvalue weighted by atomic mass is 79.9. The van der Waals surface area contributed by atoms with Crippen LogP contribution in [0.25, 0.3) is 0 Å². The van der Waals surface area contributed by atoms with Gasteiger partial charge < -0.3 is 10.2 Å². The van der Waals surface area contributed by atoms with E-state index in [1.165, 1.54) is 6.42 Å². The molecule has 5 nitrogen and oxygen atoms in total. The maximum Gasteiger partial charge on any atom is 0.275 e. The Morgan fingerprint density at radius 2 is 2.35 bits per heavy atom. The fourth-order valence-electron chi connectivity index (χ4n) is 2.62. The molecule has 0 bridgehead atoms. The molecule has 1 heterocycles. The molecule has 20 heavy (non-hydrogen) atoms. The van der Waals surface area contributed by atoms with Crippen LogP contribution in [0.4, 0.5) is 5.69 Å². The molecular formula is C14H20BrN3O2. The second kappa shape index (κ2) is 7.15. The summed E-state index contributed by atoms with van der Waals surface area (Å²) in [7, 11) is 0. The zero-order chi connectivity index (χ0) is 14.5. The SMILES string of the molecule is CCN1CCCC(NCc2ccc(Br)cc2[N+](=O)[O-])C1. The average molecular weight is 342 g/mol. The van der Waals surface area contributed by atoms with E-state index in [1.807, 2.05) is 12.1 Å². The van der Waals surface area contributed by atoms with Crippen molar-refractivity contribution in [3.05, 3.63) is 38.3 Å². The van der Waals surface area contributed by atoms with E-state index >= 15 is 0 Å². The molecule has 1 aliphatic rings. The minimum absolute atomic E-state index is 0.176. The van der Waals surface area contributed by atoms with E-state index < -0.39 is 0 Å². The minimum Gasteiger partial charge on any atom is -0.308 e. The van der Waals surface area contributed by atoms with Crippen LogP contribution in [-0.2, 0) is 6.54 Å². The van der Waals surface area contributed by atoms with Gasteiger partial charge in [0, 0.05) is 35.2 Å². The van der Waals surface area contributed by atoms with Crippen LogP contribution in [0.1, 0.15) is 25.3 Å². The van der Waals surface area contributed by atoms with Gasteiger partial charge in [-0.25, -0.2) is 0 Å². The van der Waals surface area contributed by atoms with Gasteiger partial charge in [0.05, 0.1) is 4.92 Å². The van der Waals surface area contributed by atoms with E-state index in [0.29, 0.717) is 12.6 Å². The number of nitro groups is 1. The predicted octanol–water partition coefficient (Wildman–Crippen LogP) is 2.93. The molecule has 1 aromatic rings. The number of rotatable bonds is 5. The maximum absolute atomic E-state index is 11.1. The van der Waals surface area contributed by atoms with Crippen LogP contribution in [0.15, 0.2) is 22.7 Å². The zero-order valence-electron chi connectivity index (χ0n) is 11.6. The standard InChI is InChI=1S/C14H20BrN3O2/c1-2-17-7-3-4-13(10-17)16-9-11-5-6-12(15)8-14(11)18(19)20/h5-6,8,13,16H,2-4,7,9-10H2,1H3. The van der Waals surface area contributed by atoms with E-state index in [2.05, 4.69) is 33.1 Å². The van der Waals surface area contributed by atoms with Crippen molar-refractivity contribution in [3.8, 4) is 0 Å². The van der Waals surface area contributed by atoms with Crippen LogP contribution in [-0.4, -0.2) is 35.5 Å². The lowest BCUT2D eigenvalue weighted by Crippen LogP contribution is -2.45. The Labute approximate surface area is 127 Å². The Hall–Kier alpha value is -0.980. The van der Waals surface area contributed by atoms with Crippen molar-refractivity contribution in [2.45, 2.75) is 32.4 Å². The monoisotopic (exact) mass is 341 g/mol. The summed E-state index contributed by atoms with van der Waals surface area (Å²) in [5.41, 5.74) is 0.918. The first kappa shape index (κ1) is 15.4. The second-order valence-electron chi connectivity index (χ2n) is 5.14. The smallest absolute Gasteiger partial charge is 0.275 e. The Balaban J connectivity index is 1.98. The van der Waals surface area contributed by atoms with Gasteiger partial charge in [-0.05, 0) is 38.1 Å². The first-order chi connectivity index (χ1) is 9.60. The van der Waals surface area contributed by atoms with Gasteiger partial charge in [0.25, 0.3) is 5.69 Å². The summed E-state index contributed by atoms with van der Waals surface area (Å²) in [4.78, 5) is 13.2. The molecule has 1 fully saturated rings. The average Bonchev–Trinajstić information content (AvgIpc) is 2.46. The number of hydrogen-bond donors (Lipinski definition) is 1. The lowest BCUT2D eigenvalue weighted by Gasteiger charge is -2.32. The molecule has 1 N–H and O–H groups in total. The number of halogens is 1. The number of piperidine rings is 1. The van der Waals surface area contributed by atoms with Gasteiger partial charge in [0.2, 0.25) is 0 Å². The number of likely N-dealkylation sites (N-methyl/N-ethyl adjacent to an activating group) is 1. The molecule has 1 saturated heterocycles. The summed E-state index contributed by atoms with van der Waals surface area (Å²) >= 11 is 3.28. The van der Waals surface area contributed by atoms with Gasteiger partial charge in [-0.1, -0.05) is 22.9 Å². The Morgan fingerprint density at radius 1 is 1.55 bits per heavy atom. The van der Waals surface area contributed by atoms with Crippen LogP contribution in [0.3, 0.4) is 0 Å². The lowest BCUT2D eigenvalue weighted by atomic mass is 10.1. The van der Waals surface area contributed by atoms with Gasteiger partial charge in [0.15, 0.2) is 0 Å². The molecule has 0 saturated carbocycles. The number of benzene rings is 1. The van der Waals surface area contributed by atoms with Crippen molar-refractivity contribution in [1.82, 2.24) is 10.2 Å². The van der Waals surface area contributed by atoms with Crippen LogP contribution in [0, 0.1) is 10.1 Å². The zero-order valence-corrected chi connectivity index (χ0v) is 13.2. The predicted molar refractivity (Wildman–Crippen MR) is 82.8 cm³/mol. The van der Waals surface area contributed by atoms with E-state index in [9.17, 15) is 10.1 Å². The molecule has 0 aromatic heterocycles. The molecule has 110 valence electrons. The maximum atomic E-state index is 11.1. The molecule has 1 aromatic carbocycles. The van der Waals surface area contributed by atoms with Crippen molar-refractivity contribution in [2.75, 3.05) is 19.6 Å². The molecular weight excluding hydrogens is 322 g/mol. The molecule has 0 spiro atoms. The topological polar surface area (TPSA) is 58.4 Å². The minimum atomic E-state index is -0.318. The summed E-state index contributed by atoms with van der Waals surface area (Å²) in [5, 5.41) is 14.5. The van der Waals surface area contributed by atoms with Crippen molar-refractivity contribution in [3.63, 3.8) is 0 Å². The first-order valence-electron chi connectivity index (χ1n) is 6.98. The summed E-state index contributed by atoms with van der Waals surface area (Å²) in [5.74, 6) is 0. The third-order valence-electron chi connectivity index (χ3n) is 3.78. The highest BCUT2D eigenvalue weighted by Gasteiger charge is 2.20. The highest BCUT2D eigenvalue weighted by Crippen LogP contribution is 2.23. The molecule has 0 aliphatic carbocycles. The number of nitro benzene ring substituents is 1. The van der Waals surface area contributed by atoms with Gasteiger partial charge >= 0.3 is 0 Å². The van der Waals surface area contributed by atoms with E-state index in [0.717, 1.165) is 36.1 Å². The third kappa shape index (κ3) is 4.01. The quantitative estimate of drug-likeness (QED) is 0.660. The molecule has 1 unspecified atom stereocenters. The van der Waals surface area contributed by atoms with Gasteiger partial charge in [-0.3, -0.25) is 10.1 Å². The van der Waals surface area contributed by atoms with Crippen LogP contribution in [0.5, 0.6) is 0 Å². The van der Waals surface area contributed by atoms with Crippen molar-refractivity contribution in [1.29, 1.82) is 0 Å². The van der Waals surface area contributed by atoms with Crippen LogP contribution < -0.4 is 5.32 Å². The fraction of sp³-hybridized carbons (Fsp3) is 0.571. The molecule has 1 atom stereocenters. The van der Waals surface area contributed by atoms with Crippen molar-refractivity contribution >= 4 is 21.6 Å². The first-order valence-corrected chi connectivity index (χ1v) is 7.78. The molecule has 1 aliphatic heterocycles. The third-order valence-corrected chi connectivity index (χ3v) is 4.27. The van der Waals surface area contributed by atoms with E-state index in [-0.39, 0.29) is 10.6 Å². The normalized spacial score (nSPS) is 20.0. The number of likely N-dealkylation sites (tertiary alicyclic amines) is 1. The van der Waals surface area contributed by atoms with E-state index in [1.54, 1.807) is 6.07 Å². The van der Waals surface area contributed by atoms with Gasteiger partial charge in [0.1, 0.15) is 0 Å². The van der Waals surface area contributed by atoms with Crippen molar-refractivity contribution in [2.24, 2.45) is 0 Å². The van der Waals surface area contributed by atoms with Gasteiger partial charge in [-0.2, -0.15) is 0 Å². The molecule has 0 amide bonds. The molecule has 2 rings (SSSR count). The Bertz CT molecular complexity index is 481. The Kier molecular flexibility index (Phi) is 5.51. The summed E-state index contributed by atoms with van der Waals surface area (Å²) < 4.78 is 0.739. The lowest BCUT2D eigenvalue weighted by molar-refractivity contribution is -0.385. The highest BCUT2D eigenvalue weighted by molar-refractivity contribution is 9.10. The summed E-state index contributed by atoms with van der Waals surface area (Å²) in [6.07, 6.45) is 2.33. The van der Waals surface area contributed by atoms with Gasteiger partial charge in [-0.15, -0.1) is 0 Å².